The van der Waals surface area contributed by atoms with E-state index in [1.165, 1.54) is 16.9 Å². The van der Waals surface area contributed by atoms with Crippen molar-refractivity contribution in [3.63, 3.8) is 0 Å². The van der Waals surface area contributed by atoms with E-state index in [9.17, 15) is 23.1 Å². The van der Waals surface area contributed by atoms with E-state index >= 15 is 0 Å². The molecule has 31 heavy (non-hydrogen) atoms. The Bertz CT molecular complexity index is 1070. The summed E-state index contributed by atoms with van der Waals surface area (Å²) in [5.74, 6) is -0.614. The number of alkyl halides is 3. The van der Waals surface area contributed by atoms with Crippen molar-refractivity contribution in [3.8, 4) is 0 Å². The summed E-state index contributed by atoms with van der Waals surface area (Å²) in [5.41, 5.74) is -0.671. The minimum absolute atomic E-state index is 0.0520. The molecule has 0 aliphatic heterocycles. The normalized spacial score (nSPS) is 19.4. The molecule has 1 saturated carbocycles. The molecule has 0 saturated heterocycles. The number of aliphatic hydroxyl groups is 1. The zero-order valence-electron chi connectivity index (χ0n) is 16.4. The fraction of sp³-hybridized carbons (Fsp3) is 0.400. The lowest BCUT2D eigenvalue weighted by Crippen LogP contribution is -2.35. The number of nitrogens with zero attached hydrogens (tertiary/aromatic N) is 4. The number of hydrogen-bond donors (Lipinski definition) is 3. The highest BCUT2D eigenvalue weighted by atomic mass is 19.4. The van der Waals surface area contributed by atoms with Crippen LogP contribution in [-0.4, -0.2) is 43.2 Å². The third-order valence-electron chi connectivity index (χ3n) is 5.39. The third kappa shape index (κ3) is 4.61. The van der Waals surface area contributed by atoms with Gasteiger partial charge in [-0.25, -0.2) is 0 Å². The molecule has 3 heterocycles. The molecule has 1 amide bonds. The van der Waals surface area contributed by atoms with Crippen LogP contribution in [0, 0.1) is 5.92 Å². The van der Waals surface area contributed by atoms with E-state index in [-0.39, 0.29) is 41.5 Å². The van der Waals surface area contributed by atoms with Gasteiger partial charge in [-0.05, 0) is 37.1 Å². The third-order valence-corrected chi connectivity index (χ3v) is 5.39. The maximum absolute atomic E-state index is 13.5. The number of nitrogens with one attached hydrogen (secondary N) is 2. The zero-order chi connectivity index (χ0) is 22.0. The summed E-state index contributed by atoms with van der Waals surface area (Å²) in [4.78, 5) is 20.3. The maximum Gasteiger partial charge on any atom is 0.416 e. The highest BCUT2D eigenvalue weighted by molar-refractivity contribution is 6.03. The fourth-order valence-corrected chi connectivity index (χ4v) is 3.78. The van der Waals surface area contributed by atoms with Gasteiger partial charge in [0.15, 0.2) is 5.65 Å². The number of rotatable bonds is 5. The Kier molecular flexibility index (Phi) is 5.77. The largest absolute Gasteiger partial charge is 0.416 e. The molecule has 164 valence electrons. The van der Waals surface area contributed by atoms with Crippen molar-refractivity contribution in [2.75, 3.05) is 17.2 Å². The Balaban J connectivity index is 1.69. The van der Waals surface area contributed by atoms with Crippen molar-refractivity contribution in [2.24, 2.45) is 5.92 Å². The van der Waals surface area contributed by atoms with Gasteiger partial charge < -0.3 is 10.4 Å². The van der Waals surface area contributed by atoms with Crippen molar-refractivity contribution in [3.05, 3.63) is 47.8 Å². The Hall–Kier alpha value is -3.21. The fourth-order valence-electron chi connectivity index (χ4n) is 3.78. The predicted octanol–water partition coefficient (Wildman–Crippen LogP) is 3.36. The van der Waals surface area contributed by atoms with Gasteiger partial charge in [0, 0.05) is 31.0 Å². The van der Waals surface area contributed by atoms with Crippen LogP contribution in [0.5, 0.6) is 0 Å². The molecule has 1 aliphatic carbocycles. The second-order valence-corrected chi connectivity index (χ2v) is 7.51. The number of fused-ring (bicyclic) bond motifs is 1. The number of halogens is 3. The minimum Gasteiger partial charge on any atom is -0.396 e. The predicted molar refractivity (Wildman–Crippen MR) is 107 cm³/mol. The van der Waals surface area contributed by atoms with E-state index in [2.05, 4.69) is 25.7 Å². The van der Waals surface area contributed by atoms with Crippen LogP contribution in [-0.2, 0) is 6.18 Å². The molecule has 3 aromatic rings. The van der Waals surface area contributed by atoms with Gasteiger partial charge in [-0.2, -0.15) is 22.7 Å². The topological polar surface area (TPSA) is 104 Å². The Labute approximate surface area is 175 Å². The lowest BCUT2D eigenvalue weighted by atomic mass is 9.85. The number of anilines is 2. The van der Waals surface area contributed by atoms with Crippen molar-refractivity contribution in [2.45, 2.75) is 37.9 Å². The minimum atomic E-state index is -4.58. The molecule has 1 aliphatic rings. The van der Waals surface area contributed by atoms with Crippen LogP contribution in [0.3, 0.4) is 0 Å². The van der Waals surface area contributed by atoms with E-state index < -0.39 is 17.6 Å². The summed E-state index contributed by atoms with van der Waals surface area (Å²) in [6.45, 7) is -0.0520. The molecular weight excluding hydrogens is 413 g/mol. The molecule has 1 fully saturated rings. The van der Waals surface area contributed by atoms with Crippen molar-refractivity contribution < 1.29 is 23.1 Å². The van der Waals surface area contributed by atoms with E-state index in [1.807, 2.05) is 0 Å². The smallest absolute Gasteiger partial charge is 0.396 e. The number of carbonyl (C=O) groups is 1. The number of hydrogen-bond acceptors (Lipinski definition) is 6. The van der Waals surface area contributed by atoms with Crippen LogP contribution in [0.4, 0.5) is 24.9 Å². The summed E-state index contributed by atoms with van der Waals surface area (Å²) in [7, 11) is 0. The molecule has 0 aromatic carbocycles. The van der Waals surface area contributed by atoms with Gasteiger partial charge in [-0.1, -0.05) is 12.8 Å². The second kappa shape index (κ2) is 8.50. The monoisotopic (exact) mass is 434 g/mol. The first-order valence-electron chi connectivity index (χ1n) is 9.92. The lowest BCUT2D eigenvalue weighted by molar-refractivity contribution is -0.137. The molecule has 4 rings (SSSR count). The SMILES string of the molecule is O=C(Nc1nc2cc(C(F)(F)F)cc(NC3CCCCC3CO)n2n1)c1cccnc1. The highest BCUT2D eigenvalue weighted by Crippen LogP contribution is 2.33. The molecule has 3 aromatic heterocycles. The molecule has 0 spiro atoms. The first-order valence-corrected chi connectivity index (χ1v) is 9.92. The maximum atomic E-state index is 13.5. The summed E-state index contributed by atoms with van der Waals surface area (Å²) >= 11 is 0. The van der Waals surface area contributed by atoms with E-state index in [4.69, 9.17) is 0 Å². The van der Waals surface area contributed by atoms with Gasteiger partial charge in [0.2, 0.25) is 5.95 Å². The lowest BCUT2D eigenvalue weighted by Gasteiger charge is -2.31. The average Bonchev–Trinajstić information content (AvgIpc) is 3.17. The summed E-state index contributed by atoms with van der Waals surface area (Å²) in [5, 5.41) is 19.4. The number of amides is 1. The van der Waals surface area contributed by atoms with Crippen LogP contribution in [0.25, 0.3) is 5.65 Å². The van der Waals surface area contributed by atoms with E-state index in [0.29, 0.717) is 0 Å². The van der Waals surface area contributed by atoms with Crippen LogP contribution < -0.4 is 10.6 Å². The highest BCUT2D eigenvalue weighted by Gasteiger charge is 2.33. The van der Waals surface area contributed by atoms with Gasteiger partial charge in [0.25, 0.3) is 5.91 Å². The Morgan fingerprint density at radius 2 is 2.06 bits per heavy atom. The first-order chi connectivity index (χ1) is 14.8. The average molecular weight is 434 g/mol. The van der Waals surface area contributed by atoms with Gasteiger partial charge >= 0.3 is 6.18 Å². The number of pyridine rings is 2. The van der Waals surface area contributed by atoms with Crippen LogP contribution >= 0.6 is 0 Å². The Morgan fingerprint density at radius 1 is 1.26 bits per heavy atom. The molecule has 0 radical (unpaired) electrons. The van der Waals surface area contributed by atoms with Crippen molar-refractivity contribution in [1.29, 1.82) is 0 Å². The van der Waals surface area contributed by atoms with Crippen molar-refractivity contribution >= 4 is 23.3 Å². The van der Waals surface area contributed by atoms with E-state index in [1.54, 1.807) is 12.1 Å². The van der Waals surface area contributed by atoms with Crippen LogP contribution in [0.15, 0.2) is 36.7 Å². The van der Waals surface area contributed by atoms with Gasteiger partial charge in [0.05, 0.1) is 11.1 Å². The summed E-state index contributed by atoms with van der Waals surface area (Å²) < 4.78 is 41.6. The zero-order valence-corrected chi connectivity index (χ0v) is 16.4. The molecule has 0 bridgehead atoms. The molecule has 11 heteroatoms. The number of aliphatic hydroxyl groups excluding tert-OH is 1. The van der Waals surface area contributed by atoms with Crippen LogP contribution in [0.1, 0.15) is 41.6 Å². The van der Waals surface area contributed by atoms with Crippen LogP contribution in [0.2, 0.25) is 0 Å². The first kappa shape index (κ1) is 21.0. The van der Waals surface area contributed by atoms with Crippen molar-refractivity contribution in [1.82, 2.24) is 19.6 Å². The second-order valence-electron chi connectivity index (χ2n) is 7.51. The molecule has 8 nitrogen and oxygen atoms in total. The molecule has 2 atom stereocenters. The molecule has 3 N–H and O–H groups in total. The Morgan fingerprint density at radius 3 is 2.77 bits per heavy atom. The molecular formula is C20H21F3N6O2. The summed E-state index contributed by atoms with van der Waals surface area (Å²) in [6.07, 6.45) is 1.70. The van der Waals surface area contributed by atoms with Gasteiger partial charge in [0.1, 0.15) is 5.82 Å². The van der Waals surface area contributed by atoms with Gasteiger partial charge in [-0.15, -0.1) is 5.10 Å². The molecule has 2 unspecified atom stereocenters. The van der Waals surface area contributed by atoms with Gasteiger partial charge in [-0.3, -0.25) is 15.1 Å². The quantitative estimate of drug-likeness (QED) is 0.569. The number of carbonyl (C=O) groups excluding carboxylic acids is 1. The number of aromatic nitrogens is 4. The van der Waals surface area contributed by atoms with E-state index in [0.717, 1.165) is 37.8 Å². The standard InChI is InChI=1S/C20H21F3N6O2/c21-20(22,23)14-8-16(25-15-6-2-1-4-13(15)11-30)29-17(9-14)26-19(28-29)27-18(31)12-5-3-7-24-10-12/h3,5,7-10,13,15,25,30H,1-2,4,6,11H2,(H,27,28,31). The summed E-state index contributed by atoms with van der Waals surface area (Å²) in [6, 6.07) is 4.79.